The number of rotatable bonds is 1. The van der Waals surface area contributed by atoms with Gasteiger partial charge in [0.05, 0.1) is 30.7 Å². The predicted molar refractivity (Wildman–Crippen MR) is 89.1 cm³/mol. The summed E-state index contributed by atoms with van der Waals surface area (Å²) in [5, 5.41) is 14.5. The van der Waals surface area contributed by atoms with E-state index in [1.165, 1.54) is 0 Å². The minimum Gasteiger partial charge on any atom is -0.388 e. The Balaban J connectivity index is 1.75. The van der Waals surface area contributed by atoms with Crippen molar-refractivity contribution in [2.24, 2.45) is 5.92 Å². The van der Waals surface area contributed by atoms with Gasteiger partial charge in [0.1, 0.15) is 5.52 Å². The van der Waals surface area contributed by atoms with Crippen molar-refractivity contribution in [2.45, 2.75) is 37.5 Å². The Kier molecular flexibility index (Phi) is 3.59. The summed E-state index contributed by atoms with van der Waals surface area (Å²) in [6, 6.07) is -0.318. The van der Waals surface area contributed by atoms with Gasteiger partial charge in [0, 0.05) is 12.5 Å². The van der Waals surface area contributed by atoms with Gasteiger partial charge in [-0.2, -0.15) is 9.97 Å². The Hall–Kier alpha value is -1.97. The van der Waals surface area contributed by atoms with Crippen LogP contribution in [0.5, 0.6) is 0 Å². The molecule has 0 spiro atoms. The third kappa shape index (κ3) is 2.48. The fraction of sp³-hybridized carbons (Fsp3) is 0.667. The number of fused-ring (bicyclic) bond motifs is 2. The highest BCUT2D eigenvalue weighted by Gasteiger charge is 2.43. The zero-order chi connectivity index (χ0) is 16.9. The van der Waals surface area contributed by atoms with E-state index >= 15 is 0 Å². The van der Waals surface area contributed by atoms with Crippen molar-refractivity contribution in [3.05, 3.63) is 6.33 Å². The highest BCUT2D eigenvalue weighted by atomic mass is 16.5. The average Bonchev–Trinajstić information content (AvgIpc) is 2.86. The first-order valence-electron chi connectivity index (χ1n) is 8.26. The van der Waals surface area contributed by atoms with Gasteiger partial charge in [0.25, 0.3) is 0 Å². The third-order valence-electron chi connectivity index (χ3n) is 5.20. The molecule has 0 aromatic carbocycles. The van der Waals surface area contributed by atoms with Crippen LogP contribution in [0.25, 0.3) is 11.2 Å². The minimum absolute atomic E-state index is 0.0915. The summed E-state index contributed by atoms with van der Waals surface area (Å²) in [7, 11) is 0. The molecule has 2 aliphatic rings. The Labute approximate surface area is 139 Å². The molecule has 0 unspecified atom stereocenters. The highest BCUT2D eigenvalue weighted by Crippen LogP contribution is 2.38. The van der Waals surface area contributed by atoms with E-state index in [9.17, 15) is 5.11 Å². The van der Waals surface area contributed by atoms with E-state index in [0.29, 0.717) is 30.1 Å². The molecule has 0 bridgehead atoms. The van der Waals surface area contributed by atoms with Crippen LogP contribution in [0.1, 0.15) is 25.8 Å². The first-order valence-corrected chi connectivity index (χ1v) is 8.26. The summed E-state index contributed by atoms with van der Waals surface area (Å²) in [6.07, 6.45) is 3.40. The Morgan fingerprint density at radius 1 is 1.42 bits per heavy atom. The van der Waals surface area contributed by atoms with Crippen molar-refractivity contribution in [3.8, 4) is 0 Å². The van der Waals surface area contributed by atoms with E-state index in [4.69, 9.17) is 16.2 Å². The molecule has 2 aromatic heterocycles. The lowest BCUT2D eigenvalue weighted by atomic mass is 9.83. The fourth-order valence-electron chi connectivity index (χ4n) is 3.95. The second kappa shape index (κ2) is 5.54. The molecule has 0 amide bonds. The molecular weight excluding hydrogens is 310 g/mol. The number of aliphatic hydroxyl groups is 1. The van der Waals surface area contributed by atoms with Crippen molar-refractivity contribution in [1.29, 1.82) is 0 Å². The maximum Gasteiger partial charge on any atom is 0.224 e. The number of anilines is 2. The number of piperidine rings is 1. The molecule has 2 aliphatic heterocycles. The summed E-state index contributed by atoms with van der Waals surface area (Å²) in [5.74, 6) is 0.621. The van der Waals surface area contributed by atoms with Crippen LogP contribution in [-0.4, -0.2) is 56.0 Å². The maximum absolute atomic E-state index is 11.2. The molecule has 0 saturated carbocycles. The first-order chi connectivity index (χ1) is 11.5. The number of nitrogen functional groups attached to an aromatic ring is 2. The Bertz CT molecular complexity index is 760. The predicted octanol–water partition coefficient (Wildman–Crippen LogP) is -0.319. The van der Waals surface area contributed by atoms with Gasteiger partial charge in [-0.15, -0.1) is 0 Å². The zero-order valence-corrected chi connectivity index (χ0v) is 13.6. The van der Waals surface area contributed by atoms with Crippen LogP contribution < -0.4 is 16.8 Å². The van der Waals surface area contributed by atoms with E-state index in [1.54, 1.807) is 6.33 Å². The van der Waals surface area contributed by atoms with E-state index in [0.717, 1.165) is 19.5 Å². The number of hydrogen-bond acceptors (Lipinski definition) is 8. The number of imidazole rings is 1. The van der Waals surface area contributed by atoms with Gasteiger partial charge in [-0.25, -0.2) is 4.98 Å². The molecule has 130 valence electrons. The summed E-state index contributed by atoms with van der Waals surface area (Å²) in [6.45, 7) is 4.05. The van der Waals surface area contributed by atoms with Gasteiger partial charge < -0.3 is 31.2 Å². The smallest absolute Gasteiger partial charge is 0.224 e. The summed E-state index contributed by atoms with van der Waals surface area (Å²) in [5.41, 5.74) is 11.7. The second-order valence-corrected chi connectivity index (χ2v) is 6.99. The lowest BCUT2D eigenvalue weighted by molar-refractivity contribution is -0.0221. The molecule has 2 saturated heterocycles. The van der Waals surface area contributed by atoms with Gasteiger partial charge >= 0.3 is 0 Å². The number of aromatic nitrogens is 4. The standard InChI is InChI=1S/C15H23N7O2/c1-15(23)4-8-5-18-3-2-9(8)24-6-10(15)22-7-19-11-12(16)20-14(17)21-13(11)22/h7-10,18,23H,2-6H2,1H3,(H4,16,17,20,21)/t8-,9+,10-,15-/m1/s1. The van der Waals surface area contributed by atoms with Crippen molar-refractivity contribution in [2.75, 3.05) is 31.2 Å². The Morgan fingerprint density at radius 2 is 2.25 bits per heavy atom. The molecule has 9 nitrogen and oxygen atoms in total. The van der Waals surface area contributed by atoms with Crippen molar-refractivity contribution < 1.29 is 9.84 Å². The minimum atomic E-state index is -0.958. The lowest BCUT2D eigenvalue weighted by Crippen LogP contribution is -2.43. The molecule has 24 heavy (non-hydrogen) atoms. The van der Waals surface area contributed by atoms with Gasteiger partial charge in [-0.3, -0.25) is 0 Å². The van der Waals surface area contributed by atoms with E-state index < -0.39 is 5.60 Å². The van der Waals surface area contributed by atoms with Crippen LogP contribution in [0.2, 0.25) is 0 Å². The quantitative estimate of drug-likeness (QED) is 0.557. The van der Waals surface area contributed by atoms with Crippen LogP contribution in [-0.2, 0) is 4.74 Å². The van der Waals surface area contributed by atoms with Crippen LogP contribution in [0, 0.1) is 5.92 Å². The first kappa shape index (κ1) is 15.6. The maximum atomic E-state index is 11.2. The second-order valence-electron chi connectivity index (χ2n) is 6.99. The van der Waals surface area contributed by atoms with Gasteiger partial charge in [-0.1, -0.05) is 0 Å². The van der Waals surface area contributed by atoms with E-state index in [1.807, 2.05) is 11.5 Å². The van der Waals surface area contributed by atoms with E-state index in [2.05, 4.69) is 20.3 Å². The topological polar surface area (TPSA) is 137 Å². The summed E-state index contributed by atoms with van der Waals surface area (Å²) < 4.78 is 7.95. The van der Waals surface area contributed by atoms with Gasteiger partial charge in [0.15, 0.2) is 11.5 Å². The molecular formula is C15H23N7O2. The highest BCUT2D eigenvalue weighted by molar-refractivity contribution is 5.82. The molecule has 4 heterocycles. The molecule has 0 radical (unpaired) electrons. The monoisotopic (exact) mass is 333 g/mol. The lowest BCUT2D eigenvalue weighted by Gasteiger charge is -2.34. The molecule has 9 heteroatoms. The summed E-state index contributed by atoms with van der Waals surface area (Å²) >= 11 is 0. The Morgan fingerprint density at radius 3 is 3.08 bits per heavy atom. The number of nitrogens with one attached hydrogen (secondary N) is 1. The fourth-order valence-corrected chi connectivity index (χ4v) is 3.95. The van der Waals surface area contributed by atoms with Crippen molar-refractivity contribution in [3.63, 3.8) is 0 Å². The van der Waals surface area contributed by atoms with Crippen LogP contribution in [0.15, 0.2) is 6.33 Å². The van der Waals surface area contributed by atoms with Crippen LogP contribution in [0.3, 0.4) is 0 Å². The number of nitrogens with zero attached hydrogens (tertiary/aromatic N) is 4. The molecule has 4 atom stereocenters. The summed E-state index contributed by atoms with van der Waals surface area (Å²) in [4.78, 5) is 12.5. The molecule has 2 aromatic rings. The molecule has 6 N–H and O–H groups in total. The van der Waals surface area contributed by atoms with Crippen LogP contribution in [0.4, 0.5) is 11.8 Å². The SMILES string of the molecule is C[C@@]1(O)C[C@@H]2CNCC[C@@H]2OC[C@H]1n1cnc2c(N)nc(N)nc21. The largest absolute Gasteiger partial charge is 0.388 e. The van der Waals surface area contributed by atoms with E-state index in [-0.39, 0.29) is 23.9 Å². The number of nitrogens with two attached hydrogens (primary N) is 2. The van der Waals surface area contributed by atoms with Gasteiger partial charge in [0.2, 0.25) is 5.95 Å². The average molecular weight is 333 g/mol. The normalized spacial score (nSPS) is 34.0. The third-order valence-corrected chi connectivity index (χ3v) is 5.20. The zero-order valence-electron chi connectivity index (χ0n) is 13.6. The van der Waals surface area contributed by atoms with Crippen molar-refractivity contribution >= 4 is 22.9 Å². The van der Waals surface area contributed by atoms with Crippen LogP contribution >= 0.6 is 0 Å². The number of ether oxygens (including phenoxy) is 1. The van der Waals surface area contributed by atoms with Gasteiger partial charge in [-0.05, 0) is 26.3 Å². The molecule has 4 rings (SSSR count). The molecule has 0 aliphatic carbocycles. The molecule has 2 fully saturated rings. The number of hydrogen-bond donors (Lipinski definition) is 4. The van der Waals surface area contributed by atoms with Crippen molar-refractivity contribution in [1.82, 2.24) is 24.8 Å².